The van der Waals surface area contributed by atoms with Crippen LogP contribution in [-0.2, 0) is 15.8 Å². The molecule has 4 nitrogen and oxygen atoms in total. The van der Waals surface area contributed by atoms with E-state index in [1.807, 2.05) is 0 Å². The molecule has 0 aliphatic carbocycles. The van der Waals surface area contributed by atoms with Crippen LogP contribution in [0.4, 0.5) is 23.2 Å². The van der Waals surface area contributed by atoms with Gasteiger partial charge in [0, 0.05) is 13.0 Å². The molecule has 0 atom stereocenters. The van der Waals surface area contributed by atoms with Gasteiger partial charge in [-0.05, 0) is 42.0 Å². The fourth-order valence-electron chi connectivity index (χ4n) is 2.63. The highest BCUT2D eigenvalue weighted by Gasteiger charge is 2.33. The van der Waals surface area contributed by atoms with Crippen molar-refractivity contribution in [2.75, 3.05) is 11.9 Å². The molecule has 162 valence electrons. The van der Waals surface area contributed by atoms with Gasteiger partial charge in [-0.25, -0.2) is 4.39 Å². The van der Waals surface area contributed by atoms with Crippen molar-refractivity contribution in [2.45, 2.75) is 12.6 Å². The van der Waals surface area contributed by atoms with Gasteiger partial charge in [0.1, 0.15) is 10.1 Å². The lowest BCUT2D eigenvalue weighted by molar-refractivity contribution is -0.137. The third-order valence-corrected chi connectivity index (χ3v) is 5.88. The van der Waals surface area contributed by atoms with Crippen molar-refractivity contribution in [3.8, 4) is 0 Å². The maximum Gasteiger partial charge on any atom is 0.416 e. The fourth-order valence-corrected chi connectivity index (χ4v) is 4.10. The van der Waals surface area contributed by atoms with E-state index in [-0.39, 0.29) is 28.0 Å². The maximum atomic E-state index is 13.0. The number of thioether (sulfide) groups is 1. The Morgan fingerprint density at radius 3 is 2.52 bits per heavy atom. The molecule has 0 spiro atoms. The van der Waals surface area contributed by atoms with E-state index >= 15 is 0 Å². The third-order valence-electron chi connectivity index (χ3n) is 4.17. The molecule has 1 saturated heterocycles. The summed E-state index contributed by atoms with van der Waals surface area (Å²) in [6, 6.07) is 8.13. The van der Waals surface area contributed by atoms with Gasteiger partial charge >= 0.3 is 6.18 Å². The number of carbonyl (C=O) groups is 2. The number of nitrogens with zero attached hydrogens (tertiary/aromatic N) is 1. The Balaban J connectivity index is 1.63. The van der Waals surface area contributed by atoms with Gasteiger partial charge in [-0.15, -0.1) is 0 Å². The second-order valence-corrected chi connectivity index (χ2v) is 8.46. The molecular weight excluding hydrogens is 476 g/mol. The van der Waals surface area contributed by atoms with E-state index in [9.17, 15) is 27.2 Å². The van der Waals surface area contributed by atoms with Gasteiger partial charge in [-0.3, -0.25) is 14.5 Å². The van der Waals surface area contributed by atoms with Crippen LogP contribution < -0.4 is 5.32 Å². The van der Waals surface area contributed by atoms with E-state index in [2.05, 4.69) is 5.32 Å². The van der Waals surface area contributed by atoms with Crippen LogP contribution in [0.3, 0.4) is 0 Å². The van der Waals surface area contributed by atoms with E-state index in [4.69, 9.17) is 23.8 Å². The smallest absolute Gasteiger partial charge is 0.325 e. The van der Waals surface area contributed by atoms with Gasteiger partial charge in [0.15, 0.2) is 0 Å². The summed E-state index contributed by atoms with van der Waals surface area (Å²) in [7, 11) is 0. The largest absolute Gasteiger partial charge is 0.416 e. The molecule has 0 bridgehead atoms. The van der Waals surface area contributed by atoms with E-state index < -0.39 is 29.4 Å². The molecule has 31 heavy (non-hydrogen) atoms. The second-order valence-electron chi connectivity index (χ2n) is 6.38. The molecule has 0 radical (unpaired) electrons. The number of hydrogen-bond acceptors (Lipinski definition) is 4. The third kappa shape index (κ3) is 5.84. The van der Waals surface area contributed by atoms with Crippen molar-refractivity contribution >= 4 is 63.5 Å². The molecule has 1 heterocycles. The van der Waals surface area contributed by atoms with Gasteiger partial charge in [0.25, 0.3) is 5.91 Å². The van der Waals surface area contributed by atoms with Gasteiger partial charge in [0.2, 0.25) is 5.91 Å². The summed E-state index contributed by atoms with van der Waals surface area (Å²) < 4.78 is 51.8. The van der Waals surface area contributed by atoms with Crippen molar-refractivity contribution in [1.82, 2.24) is 4.90 Å². The van der Waals surface area contributed by atoms with Crippen LogP contribution >= 0.6 is 35.6 Å². The molecular formula is C20H13ClF4N2O2S2. The first-order valence-corrected chi connectivity index (χ1v) is 10.3. The van der Waals surface area contributed by atoms with Crippen LogP contribution in [0, 0.1) is 5.82 Å². The van der Waals surface area contributed by atoms with E-state index in [1.165, 1.54) is 29.2 Å². The molecule has 0 aromatic heterocycles. The number of alkyl halides is 3. The first-order valence-electron chi connectivity index (χ1n) is 8.72. The minimum atomic E-state index is -4.58. The van der Waals surface area contributed by atoms with Crippen molar-refractivity contribution in [1.29, 1.82) is 0 Å². The van der Waals surface area contributed by atoms with Gasteiger partial charge in [-0.2, -0.15) is 13.2 Å². The first kappa shape index (κ1) is 23.2. The van der Waals surface area contributed by atoms with E-state index in [0.717, 1.165) is 30.0 Å². The Bertz CT molecular complexity index is 1070. The molecule has 1 N–H and O–H groups in total. The number of carbonyl (C=O) groups excluding carboxylic acids is 2. The number of hydrogen-bond donors (Lipinski definition) is 1. The number of nitrogens with one attached hydrogen (secondary N) is 1. The molecule has 0 unspecified atom stereocenters. The van der Waals surface area contributed by atoms with Gasteiger partial charge < -0.3 is 5.32 Å². The minimum Gasteiger partial charge on any atom is -0.325 e. The predicted octanol–water partition coefficient (Wildman–Crippen LogP) is 5.73. The number of thiocarbonyl (C=S) groups is 1. The van der Waals surface area contributed by atoms with Crippen molar-refractivity contribution in [3.05, 3.63) is 69.3 Å². The zero-order valence-electron chi connectivity index (χ0n) is 15.5. The number of halogens is 5. The summed E-state index contributed by atoms with van der Waals surface area (Å²) in [4.78, 5) is 26.3. The Labute approximate surface area is 189 Å². The predicted molar refractivity (Wildman–Crippen MR) is 116 cm³/mol. The highest BCUT2D eigenvalue weighted by Crippen LogP contribution is 2.34. The molecule has 0 saturated carbocycles. The molecule has 11 heteroatoms. The topological polar surface area (TPSA) is 49.4 Å². The molecule has 2 amide bonds. The average Bonchev–Trinajstić information content (AvgIpc) is 2.95. The number of amides is 2. The van der Waals surface area contributed by atoms with E-state index in [1.54, 1.807) is 6.08 Å². The SMILES string of the molecule is O=C(CCN1C(=O)C(=Cc2ccc(F)cc2)SC1=S)Nc1cc(C(F)(F)F)ccc1Cl. The Morgan fingerprint density at radius 1 is 1.19 bits per heavy atom. The molecule has 1 aliphatic heterocycles. The van der Waals surface area contributed by atoms with Gasteiger partial charge in [0.05, 0.1) is 21.2 Å². The summed E-state index contributed by atoms with van der Waals surface area (Å²) >= 11 is 12.1. The monoisotopic (exact) mass is 488 g/mol. The van der Waals surface area contributed by atoms with Crippen molar-refractivity contribution < 1.29 is 27.2 Å². The number of rotatable bonds is 5. The fraction of sp³-hybridized carbons (Fsp3) is 0.150. The summed E-state index contributed by atoms with van der Waals surface area (Å²) in [5.74, 6) is -1.45. The Morgan fingerprint density at radius 2 is 1.87 bits per heavy atom. The quantitative estimate of drug-likeness (QED) is 0.332. The summed E-state index contributed by atoms with van der Waals surface area (Å²) in [5, 5.41) is 2.28. The summed E-state index contributed by atoms with van der Waals surface area (Å²) in [5.41, 5.74) is -0.517. The normalized spacial score (nSPS) is 15.6. The average molecular weight is 489 g/mol. The molecule has 1 aliphatic rings. The lowest BCUT2D eigenvalue weighted by Crippen LogP contribution is -2.31. The lowest BCUT2D eigenvalue weighted by atomic mass is 10.2. The highest BCUT2D eigenvalue weighted by molar-refractivity contribution is 8.26. The molecule has 3 rings (SSSR count). The first-order chi connectivity index (χ1) is 14.5. The van der Waals surface area contributed by atoms with Crippen molar-refractivity contribution in [2.24, 2.45) is 0 Å². The van der Waals surface area contributed by atoms with Crippen LogP contribution in [-0.4, -0.2) is 27.6 Å². The molecule has 2 aromatic carbocycles. The highest BCUT2D eigenvalue weighted by atomic mass is 35.5. The standard InChI is InChI=1S/C20H13ClF4N2O2S2/c21-14-6-3-12(20(23,24)25)10-15(14)26-17(28)7-8-27-18(29)16(31-19(27)30)9-11-1-4-13(22)5-2-11/h1-6,9-10H,7-8H2,(H,26,28). The Hall–Kier alpha value is -2.43. The summed E-state index contributed by atoms with van der Waals surface area (Å²) in [6.45, 7) is -0.0617. The lowest BCUT2D eigenvalue weighted by Gasteiger charge is -2.15. The van der Waals surface area contributed by atoms with Crippen LogP contribution in [0.5, 0.6) is 0 Å². The van der Waals surface area contributed by atoms with Crippen LogP contribution in [0.15, 0.2) is 47.4 Å². The van der Waals surface area contributed by atoms with E-state index in [0.29, 0.717) is 10.5 Å². The second kappa shape index (κ2) is 9.37. The van der Waals surface area contributed by atoms with Gasteiger partial charge in [-0.1, -0.05) is 47.7 Å². The van der Waals surface area contributed by atoms with Crippen LogP contribution in [0.2, 0.25) is 5.02 Å². The minimum absolute atomic E-state index is 0.0470. The number of benzene rings is 2. The Kier molecular flexibility index (Phi) is 7.03. The van der Waals surface area contributed by atoms with Crippen LogP contribution in [0.25, 0.3) is 6.08 Å². The number of anilines is 1. The maximum absolute atomic E-state index is 13.0. The molecule has 1 fully saturated rings. The van der Waals surface area contributed by atoms with Crippen molar-refractivity contribution in [3.63, 3.8) is 0 Å². The summed E-state index contributed by atoms with van der Waals surface area (Å²) in [6.07, 6.45) is -3.23. The molecule has 2 aromatic rings. The zero-order chi connectivity index (χ0) is 22.8. The van der Waals surface area contributed by atoms with Crippen LogP contribution in [0.1, 0.15) is 17.5 Å². The zero-order valence-corrected chi connectivity index (χ0v) is 17.9.